The molecule has 0 atom stereocenters. The first kappa shape index (κ1) is 23.7. The Morgan fingerprint density at radius 2 is 1.97 bits per heavy atom. The van der Waals surface area contributed by atoms with Crippen molar-refractivity contribution in [1.82, 2.24) is 19.5 Å². The van der Waals surface area contributed by atoms with E-state index in [-0.39, 0.29) is 5.69 Å². The van der Waals surface area contributed by atoms with Crippen LogP contribution in [0.15, 0.2) is 54.9 Å². The van der Waals surface area contributed by atoms with E-state index < -0.39 is 11.8 Å². The lowest BCUT2D eigenvalue weighted by Gasteiger charge is -2.26. The minimum Gasteiger partial charge on any atom is -0.382 e. The number of nitrogens with zero attached hydrogens (tertiary/aromatic N) is 4. The maximum atomic E-state index is 15.1. The molecule has 36 heavy (non-hydrogen) atoms. The molecule has 10 heteroatoms. The summed E-state index contributed by atoms with van der Waals surface area (Å²) < 4.78 is 22.3. The third kappa shape index (κ3) is 5.00. The lowest BCUT2D eigenvalue weighted by Crippen LogP contribution is -2.36. The van der Waals surface area contributed by atoms with Gasteiger partial charge < -0.3 is 21.1 Å². The largest absolute Gasteiger partial charge is 0.382 e. The van der Waals surface area contributed by atoms with Crippen LogP contribution in [-0.2, 0) is 17.7 Å². The molecule has 1 aliphatic rings. The summed E-state index contributed by atoms with van der Waals surface area (Å²) in [6.45, 7) is 5.71. The van der Waals surface area contributed by atoms with Gasteiger partial charge in [-0.05, 0) is 47.9 Å². The van der Waals surface area contributed by atoms with E-state index in [0.29, 0.717) is 42.3 Å². The van der Waals surface area contributed by atoms with E-state index in [1.807, 2.05) is 31.2 Å². The number of nitrogen functional groups attached to an aromatic ring is 1. The van der Waals surface area contributed by atoms with Gasteiger partial charge in [0, 0.05) is 30.9 Å². The Labute approximate surface area is 208 Å². The average molecular weight is 490 g/mol. The molecule has 5 rings (SSSR count). The van der Waals surface area contributed by atoms with Gasteiger partial charge in [-0.15, -0.1) is 0 Å². The number of halogens is 1. The van der Waals surface area contributed by atoms with Crippen LogP contribution in [0.5, 0.6) is 0 Å². The highest BCUT2D eigenvalue weighted by atomic mass is 19.1. The number of carbonyl (C=O) groups is 1. The summed E-state index contributed by atoms with van der Waals surface area (Å²) in [5.41, 5.74) is 10.9. The maximum Gasteiger partial charge on any atom is 0.323 e. The van der Waals surface area contributed by atoms with Crippen LogP contribution in [0.25, 0.3) is 16.6 Å². The van der Waals surface area contributed by atoms with Gasteiger partial charge in [0.05, 0.1) is 24.6 Å². The first-order chi connectivity index (χ1) is 17.5. The zero-order chi connectivity index (χ0) is 25.1. The molecule has 2 aromatic carbocycles. The van der Waals surface area contributed by atoms with Crippen molar-refractivity contribution in [2.75, 3.05) is 42.7 Å². The molecule has 0 unspecified atom stereocenters. The molecule has 4 aromatic rings. The molecule has 3 heterocycles. The molecule has 0 spiro atoms. The first-order valence-corrected chi connectivity index (χ1v) is 11.9. The second-order valence-corrected chi connectivity index (χ2v) is 8.67. The fourth-order valence-corrected chi connectivity index (χ4v) is 4.39. The highest BCUT2D eigenvalue weighted by Gasteiger charge is 2.19. The SMILES string of the molecule is CCc1cccc(NC(=O)Nc2ccc(-c3cc(CN4CCOCC4)n4ncnc(N)c34)cc2F)c1. The molecule has 0 aliphatic carbocycles. The fraction of sp³-hybridized carbons (Fsp3) is 0.269. The van der Waals surface area contributed by atoms with Gasteiger partial charge in [-0.1, -0.05) is 25.1 Å². The van der Waals surface area contributed by atoms with Crippen LogP contribution in [0.1, 0.15) is 18.2 Å². The number of aryl methyl sites for hydroxylation is 1. The summed E-state index contributed by atoms with van der Waals surface area (Å²) in [5, 5.41) is 9.72. The monoisotopic (exact) mass is 489 g/mol. The molecule has 1 saturated heterocycles. The zero-order valence-corrected chi connectivity index (χ0v) is 20.0. The van der Waals surface area contributed by atoms with Crippen molar-refractivity contribution in [3.05, 3.63) is 71.9 Å². The predicted molar refractivity (Wildman–Crippen MR) is 137 cm³/mol. The van der Waals surface area contributed by atoms with E-state index >= 15 is 4.39 Å². The normalized spacial score (nSPS) is 14.2. The van der Waals surface area contributed by atoms with Crippen LogP contribution in [0, 0.1) is 5.82 Å². The van der Waals surface area contributed by atoms with Crippen molar-refractivity contribution in [3.63, 3.8) is 0 Å². The number of amides is 2. The van der Waals surface area contributed by atoms with Gasteiger partial charge in [-0.3, -0.25) is 4.90 Å². The summed E-state index contributed by atoms with van der Waals surface area (Å²) >= 11 is 0. The average Bonchev–Trinajstić information content (AvgIpc) is 3.25. The first-order valence-electron chi connectivity index (χ1n) is 11.9. The van der Waals surface area contributed by atoms with E-state index in [0.717, 1.165) is 36.3 Å². The molecule has 0 radical (unpaired) electrons. The molecule has 2 amide bonds. The number of ether oxygens (including phenoxy) is 1. The molecule has 1 aliphatic heterocycles. The predicted octanol–water partition coefficient (Wildman–Crippen LogP) is 4.16. The third-order valence-electron chi connectivity index (χ3n) is 6.27. The third-order valence-corrected chi connectivity index (χ3v) is 6.27. The zero-order valence-electron chi connectivity index (χ0n) is 20.0. The second-order valence-electron chi connectivity index (χ2n) is 8.67. The molecule has 0 saturated carbocycles. The lowest BCUT2D eigenvalue weighted by atomic mass is 10.1. The summed E-state index contributed by atoms with van der Waals surface area (Å²) in [7, 11) is 0. The van der Waals surface area contributed by atoms with Crippen molar-refractivity contribution in [1.29, 1.82) is 0 Å². The number of fused-ring (bicyclic) bond motifs is 1. The van der Waals surface area contributed by atoms with Gasteiger partial charge >= 0.3 is 6.03 Å². The molecule has 9 nitrogen and oxygen atoms in total. The summed E-state index contributed by atoms with van der Waals surface area (Å²) in [6.07, 6.45) is 2.27. The molecule has 2 aromatic heterocycles. The fourth-order valence-electron chi connectivity index (χ4n) is 4.39. The second kappa shape index (κ2) is 10.3. The van der Waals surface area contributed by atoms with Crippen LogP contribution < -0.4 is 16.4 Å². The van der Waals surface area contributed by atoms with E-state index in [9.17, 15) is 4.79 Å². The van der Waals surface area contributed by atoms with E-state index in [2.05, 4.69) is 25.6 Å². The van der Waals surface area contributed by atoms with Gasteiger partial charge in [0.2, 0.25) is 0 Å². The highest BCUT2D eigenvalue weighted by Crippen LogP contribution is 2.32. The standard InChI is InChI=1S/C26H28FN7O2/c1-2-17-4-3-5-19(12-17)31-26(35)32-23-7-6-18(13-22(23)27)21-14-20(15-33-8-10-36-11-9-33)34-24(21)25(28)29-16-30-34/h3-7,12-14,16H,2,8-11,15H2,1H3,(H2,28,29,30)(H2,31,32,35). The number of nitrogens with two attached hydrogens (primary N) is 1. The van der Waals surface area contributed by atoms with Crippen molar-refractivity contribution in [2.24, 2.45) is 0 Å². The van der Waals surface area contributed by atoms with Crippen LogP contribution in [0.4, 0.5) is 26.4 Å². The number of anilines is 3. The topological polar surface area (TPSA) is 110 Å². The Hall–Kier alpha value is -4.02. The van der Waals surface area contributed by atoms with Gasteiger partial charge in [-0.25, -0.2) is 18.7 Å². The number of aromatic nitrogens is 3. The maximum absolute atomic E-state index is 15.1. The van der Waals surface area contributed by atoms with Crippen molar-refractivity contribution in [3.8, 4) is 11.1 Å². The number of nitrogens with one attached hydrogen (secondary N) is 2. The van der Waals surface area contributed by atoms with Gasteiger partial charge in [0.25, 0.3) is 0 Å². The minimum atomic E-state index is -0.561. The quantitative estimate of drug-likeness (QED) is 0.375. The van der Waals surface area contributed by atoms with Crippen molar-refractivity contribution in [2.45, 2.75) is 19.9 Å². The van der Waals surface area contributed by atoms with Gasteiger partial charge in [0.1, 0.15) is 17.7 Å². The Kier molecular flexibility index (Phi) is 6.79. The van der Waals surface area contributed by atoms with Crippen LogP contribution >= 0.6 is 0 Å². The number of morpholine rings is 1. The summed E-state index contributed by atoms with van der Waals surface area (Å²) in [6, 6.07) is 13.6. The lowest BCUT2D eigenvalue weighted by molar-refractivity contribution is 0.0334. The molecule has 186 valence electrons. The number of carbonyl (C=O) groups excluding carboxylic acids is 1. The Morgan fingerprint density at radius 3 is 2.75 bits per heavy atom. The Bertz CT molecular complexity index is 1400. The van der Waals surface area contributed by atoms with Crippen LogP contribution in [0.3, 0.4) is 0 Å². The summed E-state index contributed by atoms with van der Waals surface area (Å²) in [4.78, 5) is 18.9. The van der Waals surface area contributed by atoms with Crippen molar-refractivity contribution < 1.29 is 13.9 Å². The molecular weight excluding hydrogens is 461 g/mol. The number of hydrogen-bond acceptors (Lipinski definition) is 6. The van der Waals surface area contributed by atoms with Crippen LogP contribution in [0.2, 0.25) is 0 Å². The number of rotatable bonds is 6. The Morgan fingerprint density at radius 1 is 1.14 bits per heavy atom. The van der Waals surface area contributed by atoms with E-state index in [1.165, 1.54) is 18.5 Å². The smallest absolute Gasteiger partial charge is 0.323 e. The summed E-state index contributed by atoms with van der Waals surface area (Å²) in [5.74, 6) is -0.251. The molecular formula is C26H28FN7O2. The molecule has 0 bridgehead atoms. The van der Waals surface area contributed by atoms with Gasteiger partial charge in [-0.2, -0.15) is 5.10 Å². The number of hydrogen-bond donors (Lipinski definition) is 3. The highest BCUT2D eigenvalue weighted by molar-refractivity contribution is 6.00. The number of urea groups is 1. The number of benzene rings is 2. The minimum absolute atomic E-state index is 0.0733. The van der Waals surface area contributed by atoms with Crippen LogP contribution in [-0.4, -0.2) is 51.8 Å². The molecule has 4 N–H and O–H groups in total. The van der Waals surface area contributed by atoms with Gasteiger partial charge in [0.15, 0.2) is 5.82 Å². The van der Waals surface area contributed by atoms with E-state index in [1.54, 1.807) is 16.6 Å². The van der Waals surface area contributed by atoms with Crippen molar-refractivity contribution >= 4 is 28.7 Å². The Balaban J connectivity index is 1.39. The molecule has 1 fully saturated rings. The van der Waals surface area contributed by atoms with E-state index in [4.69, 9.17) is 10.5 Å².